The van der Waals surface area contributed by atoms with Gasteiger partial charge in [-0.3, -0.25) is 4.79 Å². The summed E-state index contributed by atoms with van der Waals surface area (Å²) in [7, 11) is 0. The van der Waals surface area contributed by atoms with Crippen LogP contribution in [0.3, 0.4) is 0 Å². The molecule has 0 N–H and O–H groups in total. The summed E-state index contributed by atoms with van der Waals surface area (Å²) in [6.45, 7) is 9.04. The number of aromatic nitrogens is 2. The highest BCUT2D eigenvalue weighted by atomic mass is 79.9. The minimum absolute atomic E-state index is 0.0353. The molecule has 1 aromatic rings. The summed E-state index contributed by atoms with van der Waals surface area (Å²) in [5.74, 6) is 0.600. The van der Waals surface area contributed by atoms with Crippen LogP contribution >= 0.6 is 15.9 Å². The zero-order chi connectivity index (χ0) is 14.0. The highest BCUT2D eigenvalue weighted by Crippen LogP contribution is 2.35. The molecule has 0 spiro atoms. The molecule has 0 radical (unpaired) electrons. The molecule has 106 valence electrons. The van der Waals surface area contributed by atoms with Crippen LogP contribution in [0.4, 0.5) is 5.82 Å². The van der Waals surface area contributed by atoms with Gasteiger partial charge in [0.2, 0.25) is 0 Å². The van der Waals surface area contributed by atoms with E-state index in [9.17, 15) is 4.79 Å². The predicted octanol–water partition coefficient (Wildman–Crippen LogP) is 2.65. The molecule has 0 aromatic carbocycles. The van der Waals surface area contributed by atoms with Gasteiger partial charge in [0.05, 0.1) is 0 Å². The molecule has 1 aromatic heterocycles. The van der Waals surface area contributed by atoms with Crippen LogP contribution in [0.1, 0.15) is 33.6 Å². The number of alkyl halides is 1. The van der Waals surface area contributed by atoms with Crippen LogP contribution in [0.2, 0.25) is 0 Å². The molecule has 1 aliphatic heterocycles. The van der Waals surface area contributed by atoms with Crippen LogP contribution in [0, 0.1) is 5.41 Å². The van der Waals surface area contributed by atoms with Crippen molar-refractivity contribution in [3.05, 3.63) is 22.7 Å². The minimum atomic E-state index is 0.0353. The topological polar surface area (TPSA) is 38.1 Å². The first kappa shape index (κ1) is 14.6. The van der Waals surface area contributed by atoms with Gasteiger partial charge in [0, 0.05) is 36.9 Å². The third-order valence-corrected chi connectivity index (χ3v) is 5.46. The van der Waals surface area contributed by atoms with E-state index >= 15 is 0 Å². The fourth-order valence-corrected chi connectivity index (χ4v) is 2.93. The molecule has 0 saturated carbocycles. The first-order valence-electron chi connectivity index (χ1n) is 6.90. The molecule has 1 fully saturated rings. The quantitative estimate of drug-likeness (QED) is 0.801. The van der Waals surface area contributed by atoms with Gasteiger partial charge < -0.3 is 9.47 Å². The second-order valence-corrected chi connectivity index (χ2v) is 7.02. The molecule has 1 saturated heterocycles. The average molecular weight is 328 g/mol. The average Bonchev–Trinajstić information content (AvgIpc) is 2.36. The summed E-state index contributed by atoms with van der Waals surface area (Å²) >= 11 is 3.74. The highest BCUT2D eigenvalue weighted by Gasteiger charge is 2.35. The van der Waals surface area contributed by atoms with Crippen molar-refractivity contribution >= 4 is 21.7 Å². The molecule has 4 nitrogen and oxygen atoms in total. The van der Waals surface area contributed by atoms with Crippen LogP contribution in [-0.4, -0.2) is 27.5 Å². The SMILES string of the molecule is CCCn1ccnc(N2CCC(Br)C(C)(C)C2)c1=O. The Morgan fingerprint density at radius 1 is 1.53 bits per heavy atom. The van der Waals surface area contributed by atoms with Gasteiger partial charge in [-0.2, -0.15) is 0 Å². The Morgan fingerprint density at radius 2 is 2.26 bits per heavy atom. The molecule has 0 amide bonds. The molecule has 2 rings (SSSR count). The van der Waals surface area contributed by atoms with Crippen molar-refractivity contribution in [2.45, 2.75) is 45.0 Å². The zero-order valence-corrected chi connectivity index (χ0v) is 13.5. The normalized spacial score (nSPS) is 22.5. The lowest BCUT2D eigenvalue weighted by molar-refractivity contribution is 0.308. The van der Waals surface area contributed by atoms with Crippen molar-refractivity contribution < 1.29 is 0 Å². The first-order chi connectivity index (χ1) is 8.95. The van der Waals surface area contributed by atoms with Gasteiger partial charge in [0.25, 0.3) is 5.56 Å². The lowest BCUT2D eigenvalue weighted by Crippen LogP contribution is -2.48. The second-order valence-electron chi connectivity index (χ2n) is 5.92. The first-order valence-corrected chi connectivity index (χ1v) is 7.81. The number of nitrogens with zero attached hydrogens (tertiary/aromatic N) is 3. The van der Waals surface area contributed by atoms with Crippen LogP contribution < -0.4 is 10.5 Å². The van der Waals surface area contributed by atoms with E-state index in [2.05, 4.69) is 46.6 Å². The van der Waals surface area contributed by atoms with Crippen molar-refractivity contribution in [1.82, 2.24) is 9.55 Å². The summed E-state index contributed by atoms with van der Waals surface area (Å²) in [5, 5.41) is 0. The van der Waals surface area contributed by atoms with Crippen molar-refractivity contribution in [1.29, 1.82) is 0 Å². The van der Waals surface area contributed by atoms with E-state index in [1.165, 1.54) is 0 Å². The summed E-state index contributed by atoms with van der Waals surface area (Å²) in [6, 6.07) is 0. The maximum absolute atomic E-state index is 12.4. The van der Waals surface area contributed by atoms with E-state index in [1.807, 2.05) is 0 Å². The molecular weight excluding hydrogens is 306 g/mol. The fourth-order valence-electron chi connectivity index (χ4n) is 2.58. The van der Waals surface area contributed by atoms with Crippen molar-refractivity contribution in [2.24, 2.45) is 5.41 Å². The molecule has 1 atom stereocenters. The maximum atomic E-state index is 12.4. The van der Waals surface area contributed by atoms with Crippen molar-refractivity contribution in [2.75, 3.05) is 18.0 Å². The molecular formula is C14H22BrN3O. The number of piperidine rings is 1. The van der Waals surface area contributed by atoms with E-state index < -0.39 is 0 Å². The Bertz CT molecular complexity index is 498. The monoisotopic (exact) mass is 327 g/mol. The standard InChI is InChI=1S/C14H22BrN3O/c1-4-7-17-9-6-16-12(13(17)19)18-8-5-11(15)14(2,3)10-18/h6,9,11H,4-5,7-8,10H2,1-3H3. The highest BCUT2D eigenvalue weighted by molar-refractivity contribution is 9.09. The molecule has 1 unspecified atom stereocenters. The largest absolute Gasteiger partial charge is 0.351 e. The van der Waals surface area contributed by atoms with Crippen molar-refractivity contribution in [3.8, 4) is 0 Å². The Hall–Kier alpha value is -0.840. The summed E-state index contributed by atoms with van der Waals surface area (Å²) < 4.78 is 1.76. The Labute approximate surface area is 123 Å². The van der Waals surface area contributed by atoms with Gasteiger partial charge >= 0.3 is 0 Å². The second kappa shape index (κ2) is 5.65. The number of hydrogen-bond acceptors (Lipinski definition) is 3. The third-order valence-electron chi connectivity index (χ3n) is 3.76. The van der Waals surface area contributed by atoms with E-state index in [0.29, 0.717) is 10.6 Å². The summed E-state index contributed by atoms with van der Waals surface area (Å²) in [4.78, 5) is 19.3. The van der Waals surface area contributed by atoms with E-state index in [-0.39, 0.29) is 11.0 Å². The lowest BCUT2D eigenvalue weighted by atomic mass is 9.84. The van der Waals surface area contributed by atoms with Gasteiger partial charge in [-0.05, 0) is 18.3 Å². The van der Waals surface area contributed by atoms with Gasteiger partial charge in [-0.15, -0.1) is 0 Å². The number of rotatable bonds is 3. The molecule has 2 heterocycles. The number of hydrogen-bond donors (Lipinski definition) is 0. The van der Waals surface area contributed by atoms with Crippen LogP contribution in [-0.2, 0) is 6.54 Å². The smallest absolute Gasteiger partial charge is 0.293 e. The van der Waals surface area contributed by atoms with Crippen LogP contribution in [0.5, 0.6) is 0 Å². The van der Waals surface area contributed by atoms with E-state index in [0.717, 1.165) is 32.5 Å². The number of aryl methyl sites for hydroxylation is 1. The number of anilines is 1. The molecule has 19 heavy (non-hydrogen) atoms. The molecule has 5 heteroatoms. The molecule has 0 aliphatic carbocycles. The van der Waals surface area contributed by atoms with Crippen LogP contribution in [0.25, 0.3) is 0 Å². The van der Waals surface area contributed by atoms with Gasteiger partial charge in [0.15, 0.2) is 5.82 Å². The van der Waals surface area contributed by atoms with Gasteiger partial charge in [-0.1, -0.05) is 36.7 Å². The maximum Gasteiger partial charge on any atom is 0.293 e. The summed E-state index contributed by atoms with van der Waals surface area (Å²) in [5.41, 5.74) is 0.186. The Morgan fingerprint density at radius 3 is 2.89 bits per heavy atom. The zero-order valence-electron chi connectivity index (χ0n) is 11.9. The Kier molecular flexibility index (Phi) is 4.33. The molecule has 1 aliphatic rings. The third kappa shape index (κ3) is 3.02. The fraction of sp³-hybridized carbons (Fsp3) is 0.714. The molecule has 0 bridgehead atoms. The van der Waals surface area contributed by atoms with Crippen LogP contribution in [0.15, 0.2) is 17.2 Å². The van der Waals surface area contributed by atoms with E-state index in [1.54, 1.807) is 17.0 Å². The van der Waals surface area contributed by atoms with E-state index in [4.69, 9.17) is 0 Å². The Balaban J connectivity index is 2.28. The number of halogens is 1. The minimum Gasteiger partial charge on any atom is -0.351 e. The van der Waals surface area contributed by atoms with Gasteiger partial charge in [-0.25, -0.2) is 4.98 Å². The van der Waals surface area contributed by atoms with Crippen molar-refractivity contribution in [3.63, 3.8) is 0 Å². The summed E-state index contributed by atoms with van der Waals surface area (Å²) in [6.07, 6.45) is 5.51. The predicted molar refractivity (Wildman–Crippen MR) is 82.1 cm³/mol. The van der Waals surface area contributed by atoms with Gasteiger partial charge in [0.1, 0.15) is 0 Å². The lowest BCUT2D eigenvalue weighted by Gasteiger charge is -2.42.